The van der Waals surface area contributed by atoms with Gasteiger partial charge in [-0.1, -0.05) is 0 Å². The van der Waals surface area contributed by atoms with Crippen LogP contribution >= 0.6 is 0 Å². The number of nitrogens with zero attached hydrogens (tertiary/aromatic N) is 2. The number of hydrogen-bond donors (Lipinski definition) is 4. The number of aromatic nitrogens is 2. The molecule has 29 heavy (non-hydrogen) atoms. The zero-order valence-electron chi connectivity index (χ0n) is 15.7. The van der Waals surface area contributed by atoms with E-state index in [4.69, 9.17) is 9.66 Å². The lowest BCUT2D eigenvalue weighted by Gasteiger charge is -2.17. The van der Waals surface area contributed by atoms with Crippen LogP contribution in [0.3, 0.4) is 0 Å². The molecule has 1 aliphatic heterocycles. The molecule has 2 aromatic rings. The summed E-state index contributed by atoms with van der Waals surface area (Å²) < 4.78 is 27.1. The van der Waals surface area contributed by atoms with Crippen molar-refractivity contribution in [2.24, 2.45) is 0 Å². The summed E-state index contributed by atoms with van der Waals surface area (Å²) >= 11 is 0. The third kappa shape index (κ3) is 5.93. The first kappa shape index (κ1) is 22.7. The summed E-state index contributed by atoms with van der Waals surface area (Å²) in [6.45, 7) is 3.52. The molecule has 1 aromatic carbocycles. The number of nitro benzene ring substituents is 1. The Balaban J connectivity index is 0.000000370. The third-order valence-electron chi connectivity index (χ3n) is 4.51. The Morgan fingerprint density at radius 2 is 1.79 bits per heavy atom. The van der Waals surface area contributed by atoms with Crippen LogP contribution in [0, 0.1) is 17.0 Å². The first-order valence-corrected chi connectivity index (χ1v) is 10.4. The number of likely N-dealkylation sites (tertiary alicyclic amines) is 1. The maximum absolute atomic E-state index is 11.6. The molecule has 4 N–H and O–H groups in total. The van der Waals surface area contributed by atoms with E-state index in [9.17, 15) is 28.1 Å². The van der Waals surface area contributed by atoms with Crippen LogP contribution in [-0.4, -0.2) is 63.3 Å². The molecule has 0 unspecified atom stereocenters. The van der Waals surface area contributed by atoms with Crippen LogP contribution in [-0.2, 0) is 16.7 Å². The van der Waals surface area contributed by atoms with Gasteiger partial charge in [0.05, 0.1) is 28.3 Å². The highest BCUT2D eigenvalue weighted by molar-refractivity contribution is 7.85. The summed E-state index contributed by atoms with van der Waals surface area (Å²) in [6.07, 6.45) is 2.19. The van der Waals surface area contributed by atoms with E-state index in [1.165, 1.54) is 6.07 Å². The van der Waals surface area contributed by atoms with E-state index in [2.05, 4.69) is 14.9 Å². The van der Waals surface area contributed by atoms with Gasteiger partial charge in [0.15, 0.2) is 0 Å². The monoisotopic (exact) mass is 430 g/mol. The van der Waals surface area contributed by atoms with E-state index in [1.807, 2.05) is 0 Å². The van der Waals surface area contributed by atoms with Crippen molar-refractivity contribution in [3.63, 3.8) is 0 Å². The Hall–Kier alpha value is -2.61. The molecular formula is C16H22N4O8S. The number of benzene rings is 1. The van der Waals surface area contributed by atoms with Gasteiger partial charge in [-0.25, -0.2) is 0 Å². The molecule has 13 heteroatoms. The molecule has 0 aliphatic carbocycles. The fraction of sp³-hybridized carbons (Fsp3) is 0.500. The average molecular weight is 430 g/mol. The van der Waals surface area contributed by atoms with Crippen molar-refractivity contribution in [3.8, 4) is 0 Å². The van der Waals surface area contributed by atoms with Crippen LogP contribution in [0.2, 0.25) is 0 Å². The number of fused-ring (bicyclic) bond motifs is 1. The smallest absolute Gasteiger partial charge is 0.314 e. The fourth-order valence-electron chi connectivity index (χ4n) is 3.08. The number of aromatic amines is 2. The van der Waals surface area contributed by atoms with E-state index in [-0.39, 0.29) is 11.2 Å². The molecule has 0 atom stereocenters. The first-order valence-electron chi connectivity index (χ1n) is 8.75. The summed E-state index contributed by atoms with van der Waals surface area (Å²) in [5, 5.41) is 19.1. The number of aliphatic hydroxyl groups is 1. The van der Waals surface area contributed by atoms with Gasteiger partial charge in [-0.2, -0.15) is 8.42 Å². The highest BCUT2D eigenvalue weighted by atomic mass is 32.2. The Morgan fingerprint density at radius 1 is 1.21 bits per heavy atom. The molecule has 12 nitrogen and oxygen atoms in total. The molecule has 160 valence electrons. The number of hydrogen-bond acceptors (Lipinski definition) is 8. The summed E-state index contributed by atoms with van der Waals surface area (Å²) in [5.74, 6) is -0.576. The Morgan fingerprint density at radius 3 is 2.28 bits per heavy atom. The lowest BCUT2D eigenvalue weighted by Crippen LogP contribution is -2.30. The summed E-state index contributed by atoms with van der Waals surface area (Å²) in [6, 6.07) is 1.30. The molecule has 1 saturated heterocycles. The van der Waals surface area contributed by atoms with Crippen molar-refractivity contribution in [1.82, 2.24) is 14.9 Å². The predicted molar refractivity (Wildman–Crippen MR) is 105 cm³/mol. The van der Waals surface area contributed by atoms with Gasteiger partial charge >= 0.3 is 11.1 Å². The minimum atomic E-state index is -3.92. The third-order valence-corrected chi connectivity index (χ3v) is 5.21. The van der Waals surface area contributed by atoms with Crippen LogP contribution in [0.5, 0.6) is 0 Å². The van der Waals surface area contributed by atoms with Crippen molar-refractivity contribution >= 4 is 26.8 Å². The second-order valence-corrected chi connectivity index (χ2v) is 8.15. The fourth-order valence-corrected chi connectivity index (χ4v) is 3.31. The topological polar surface area (TPSA) is 187 Å². The van der Waals surface area contributed by atoms with E-state index in [0.717, 1.165) is 25.9 Å². The van der Waals surface area contributed by atoms with Gasteiger partial charge < -0.3 is 15.1 Å². The van der Waals surface area contributed by atoms with Crippen LogP contribution in [0.1, 0.15) is 24.0 Å². The Labute approximate surface area is 165 Å². The standard InChI is InChI=1S/C14H16N4O4.C2H6O4S/c1-8-9(7-17-4-2-3-5-17)12-10(6-11(8)18(21)22)15-13(19)14(20)16-12;3-1-2-7(4,5)6/h6H,2-5,7H2,1H3,(H,15,19)(H,16,20);3H,1-2H2,(H,4,5,6). The van der Waals surface area contributed by atoms with E-state index in [0.29, 0.717) is 23.2 Å². The normalized spacial score (nSPS) is 14.6. The molecule has 0 amide bonds. The number of nitro groups is 1. The maximum atomic E-state index is 11.6. The minimum Gasteiger partial charge on any atom is -0.395 e. The Kier molecular flexibility index (Phi) is 7.24. The van der Waals surface area contributed by atoms with Gasteiger partial charge in [-0.15, -0.1) is 0 Å². The van der Waals surface area contributed by atoms with Crippen molar-refractivity contribution < 1.29 is 23.0 Å². The quantitative estimate of drug-likeness (QED) is 0.217. The van der Waals surface area contributed by atoms with E-state index >= 15 is 0 Å². The molecule has 1 aromatic heterocycles. The van der Waals surface area contributed by atoms with Crippen molar-refractivity contribution in [2.45, 2.75) is 26.3 Å². The molecule has 2 heterocycles. The first-order chi connectivity index (χ1) is 13.5. The average Bonchev–Trinajstić information content (AvgIpc) is 3.11. The number of rotatable bonds is 5. The molecule has 0 radical (unpaired) electrons. The van der Waals surface area contributed by atoms with Crippen molar-refractivity contribution in [3.05, 3.63) is 48.0 Å². The van der Waals surface area contributed by atoms with Crippen molar-refractivity contribution in [1.29, 1.82) is 0 Å². The van der Waals surface area contributed by atoms with Crippen molar-refractivity contribution in [2.75, 3.05) is 25.4 Å². The maximum Gasteiger partial charge on any atom is 0.314 e. The number of nitrogens with one attached hydrogen (secondary N) is 2. The lowest BCUT2D eigenvalue weighted by atomic mass is 10.0. The minimum absolute atomic E-state index is 0.0515. The van der Waals surface area contributed by atoms with Crippen LogP contribution in [0.15, 0.2) is 15.7 Å². The van der Waals surface area contributed by atoms with Gasteiger partial charge in [0, 0.05) is 23.7 Å². The summed E-state index contributed by atoms with van der Waals surface area (Å²) in [4.78, 5) is 41.0. The van der Waals surface area contributed by atoms with Gasteiger partial charge in [-0.3, -0.25) is 29.2 Å². The predicted octanol–water partition coefficient (Wildman–Crippen LogP) is -0.105. The van der Waals surface area contributed by atoms with E-state index < -0.39 is 38.5 Å². The molecule has 3 rings (SSSR count). The van der Waals surface area contributed by atoms with Gasteiger partial charge in [0.2, 0.25) is 0 Å². The molecule has 0 saturated carbocycles. The zero-order chi connectivity index (χ0) is 21.8. The van der Waals surface area contributed by atoms with Crippen LogP contribution in [0.25, 0.3) is 11.0 Å². The molecule has 0 spiro atoms. The Bertz CT molecular complexity index is 1120. The van der Waals surface area contributed by atoms with Gasteiger partial charge in [0.1, 0.15) is 0 Å². The second kappa shape index (κ2) is 9.26. The van der Waals surface area contributed by atoms with E-state index in [1.54, 1.807) is 6.92 Å². The van der Waals surface area contributed by atoms with Crippen LogP contribution < -0.4 is 11.1 Å². The van der Waals surface area contributed by atoms with Crippen LogP contribution in [0.4, 0.5) is 5.69 Å². The molecular weight excluding hydrogens is 408 g/mol. The number of aliphatic hydroxyl groups excluding tert-OH is 1. The molecule has 0 bridgehead atoms. The SMILES string of the molecule is Cc1c([N+](=O)[O-])cc2[nH]c(=O)c(=O)[nH]c2c1CN1CCCC1.O=S(=O)(O)CCO. The number of H-pyrrole nitrogens is 2. The molecule has 1 fully saturated rings. The summed E-state index contributed by atoms with van der Waals surface area (Å²) in [5.41, 5.74) is 0.368. The molecule has 1 aliphatic rings. The van der Waals surface area contributed by atoms with Gasteiger partial charge in [0.25, 0.3) is 15.8 Å². The highest BCUT2D eigenvalue weighted by Gasteiger charge is 2.22. The zero-order valence-corrected chi connectivity index (χ0v) is 16.5. The van der Waals surface area contributed by atoms with Gasteiger partial charge in [-0.05, 0) is 32.9 Å². The summed E-state index contributed by atoms with van der Waals surface area (Å²) in [7, 11) is -3.92. The largest absolute Gasteiger partial charge is 0.395 e. The highest BCUT2D eigenvalue weighted by Crippen LogP contribution is 2.29. The lowest BCUT2D eigenvalue weighted by molar-refractivity contribution is -0.385. The second-order valence-electron chi connectivity index (χ2n) is 6.58.